The molecule has 1 heterocycles. The molecule has 0 spiro atoms. The van der Waals surface area contributed by atoms with E-state index in [0.29, 0.717) is 24.4 Å². The van der Waals surface area contributed by atoms with Gasteiger partial charge in [0.2, 0.25) is 5.91 Å². The van der Waals surface area contributed by atoms with Crippen molar-refractivity contribution >= 4 is 17.5 Å². The summed E-state index contributed by atoms with van der Waals surface area (Å²) < 4.78 is 5.81. The minimum absolute atomic E-state index is 0.0221. The van der Waals surface area contributed by atoms with Gasteiger partial charge in [-0.15, -0.1) is 0 Å². The van der Waals surface area contributed by atoms with Gasteiger partial charge in [0.05, 0.1) is 5.69 Å². The molecular weight excluding hydrogens is 318 g/mol. The number of unbranched alkanes of at least 4 members (excludes halogenated alkanes) is 1. The van der Waals surface area contributed by atoms with Gasteiger partial charge < -0.3 is 15.4 Å². The summed E-state index contributed by atoms with van der Waals surface area (Å²) in [5.74, 6) is 0.379. The van der Waals surface area contributed by atoms with E-state index in [-0.39, 0.29) is 24.4 Å². The molecule has 2 unspecified atom stereocenters. The highest BCUT2D eigenvalue weighted by Crippen LogP contribution is 2.36. The third-order valence-electron chi connectivity index (χ3n) is 4.55. The number of anilines is 1. The smallest absolute Gasteiger partial charge is 0.268 e. The molecule has 1 aromatic carbocycles. The molecule has 1 aliphatic heterocycles. The Kier molecular flexibility index (Phi) is 6.42. The molecule has 0 bridgehead atoms. The van der Waals surface area contributed by atoms with Crippen molar-refractivity contribution in [3.63, 3.8) is 0 Å². The maximum Gasteiger partial charge on any atom is 0.268 e. The number of hydrogen-bond donors (Lipinski definition) is 1. The van der Waals surface area contributed by atoms with Crippen molar-refractivity contribution in [1.82, 2.24) is 4.90 Å². The van der Waals surface area contributed by atoms with E-state index in [1.54, 1.807) is 16.8 Å². The molecule has 0 aromatic heterocycles. The van der Waals surface area contributed by atoms with Crippen molar-refractivity contribution in [3.05, 3.63) is 23.8 Å². The zero-order chi connectivity index (χ0) is 18.6. The van der Waals surface area contributed by atoms with Crippen molar-refractivity contribution in [2.45, 2.75) is 52.2 Å². The fraction of sp³-hybridized carbons (Fsp3) is 0.579. The Morgan fingerprint density at radius 3 is 2.72 bits per heavy atom. The van der Waals surface area contributed by atoms with Crippen LogP contribution >= 0.6 is 0 Å². The van der Waals surface area contributed by atoms with Crippen LogP contribution in [0, 0.1) is 0 Å². The van der Waals surface area contributed by atoms with E-state index in [2.05, 4.69) is 6.92 Å². The molecule has 2 amide bonds. The molecule has 0 saturated carbocycles. The monoisotopic (exact) mass is 347 g/mol. The van der Waals surface area contributed by atoms with Crippen molar-refractivity contribution in [1.29, 1.82) is 0 Å². The second-order valence-corrected chi connectivity index (χ2v) is 6.62. The number of amides is 2. The molecule has 0 aliphatic carbocycles. The standard InChI is InChI=1S/C19H29N3O3/c1-5-7-10-21(4)18(23)12-22-15-11-14(13(3)20)8-9-17(15)25-16(6-2)19(22)24/h8-9,11,13,16H,5-7,10,12,20H2,1-4H3. The van der Waals surface area contributed by atoms with Crippen molar-refractivity contribution in [2.24, 2.45) is 5.73 Å². The zero-order valence-electron chi connectivity index (χ0n) is 15.6. The van der Waals surface area contributed by atoms with Gasteiger partial charge in [0, 0.05) is 19.6 Å². The van der Waals surface area contributed by atoms with Crippen LogP contribution in [0.1, 0.15) is 51.6 Å². The van der Waals surface area contributed by atoms with Gasteiger partial charge in [-0.25, -0.2) is 0 Å². The van der Waals surface area contributed by atoms with Crippen molar-refractivity contribution in [2.75, 3.05) is 25.0 Å². The number of fused-ring (bicyclic) bond motifs is 1. The number of benzene rings is 1. The van der Waals surface area contributed by atoms with Gasteiger partial charge in [0.25, 0.3) is 5.91 Å². The second kappa shape index (κ2) is 8.34. The average Bonchev–Trinajstić information content (AvgIpc) is 2.60. The topological polar surface area (TPSA) is 75.9 Å². The maximum atomic E-state index is 12.8. The fourth-order valence-electron chi connectivity index (χ4n) is 2.82. The van der Waals surface area contributed by atoms with E-state index < -0.39 is 6.10 Å². The van der Waals surface area contributed by atoms with E-state index in [0.717, 1.165) is 18.4 Å². The predicted octanol–water partition coefficient (Wildman–Crippen LogP) is 2.47. The van der Waals surface area contributed by atoms with E-state index in [4.69, 9.17) is 10.5 Å². The first-order chi connectivity index (χ1) is 11.9. The lowest BCUT2D eigenvalue weighted by Gasteiger charge is -2.35. The van der Waals surface area contributed by atoms with Crippen LogP contribution < -0.4 is 15.4 Å². The Morgan fingerprint density at radius 2 is 2.12 bits per heavy atom. The van der Waals surface area contributed by atoms with E-state index >= 15 is 0 Å². The molecule has 0 fully saturated rings. The molecule has 138 valence electrons. The molecule has 2 N–H and O–H groups in total. The van der Waals surface area contributed by atoms with Crippen LogP contribution in [0.25, 0.3) is 0 Å². The summed E-state index contributed by atoms with van der Waals surface area (Å²) in [5, 5.41) is 0. The minimum atomic E-state index is -0.553. The lowest BCUT2D eigenvalue weighted by molar-refractivity contribution is -0.132. The Balaban J connectivity index is 2.30. The predicted molar refractivity (Wildman–Crippen MR) is 98.6 cm³/mol. The summed E-state index contributed by atoms with van der Waals surface area (Å²) in [6.07, 6.45) is 1.97. The van der Waals surface area contributed by atoms with E-state index in [1.807, 2.05) is 32.0 Å². The van der Waals surface area contributed by atoms with Crippen LogP contribution in [0.5, 0.6) is 5.75 Å². The summed E-state index contributed by atoms with van der Waals surface area (Å²) in [4.78, 5) is 28.6. The van der Waals surface area contributed by atoms with Crippen LogP contribution in [0.15, 0.2) is 18.2 Å². The Morgan fingerprint density at radius 1 is 1.40 bits per heavy atom. The highest BCUT2D eigenvalue weighted by Gasteiger charge is 2.35. The van der Waals surface area contributed by atoms with Crippen LogP contribution in [-0.4, -0.2) is 43.0 Å². The molecular formula is C19H29N3O3. The first-order valence-corrected chi connectivity index (χ1v) is 9.00. The lowest BCUT2D eigenvalue weighted by Crippen LogP contribution is -2.50. The van der Waals surface area contributed by atoms with Gasteiger partial charge in [0.15, 0.2) is 6.10 Å². The van der Waals surface area contributed by atoms with Gasteiger partial charge in [-0.3, -0.25) is 14.5 Å². The zero-order valence-corrected chi connectivity index (χ0v) is 15.6. The molecule has 2 atom stereocenters. The highest BCUT2D eigenvalue weighted by atomic mass is 16.5. The number of nitrogens with zero attached hydrogens (tertiary/aromatic N) is 2. The van der Waals surface area contributed by atoms with Gasteiger partial charge in [-0.05, 0) is 37.5 Å². The number of likely N-dealkylation sites (N-methyl/N-ethyl adjacent to an activating group) is 1. The average molecular weight is 347 g/mol. The van der Waals surface area contributed by atoms with Gasteiger partial charge in [0.1, 0.15) is 12.3 Å². The molecule has 0 saturated heterocycles. The summed E-state index contributed by atoms with van der Waals surface area (Å²) in [6.45, 7) is 6.58. The third kappa shape index (κ3) is 4.31. The van der Waals surface area contributed by atoms with Crippen molar-refractivity contribution < 1.29 is 14.3 Å². The van der Waals surface area contributed by atoms with Crippen LogP contribution in [0.4, 0.5) is 5.69 Å². The SMILES string of the molecule is CCCCN(C)C(=O)CN1C(=O)C(CC)Oc2ccc(C(C)N)cc21. The molecule has 2 rings (SSSR count). The summed E-state index contributed by atoms with van der Waals surface area (Å²) in [6, 6.07) is 5.43. The van der Waals surface area contributed by atoms with Crippen LogP contribution in [-0.2, 0) is 9.59 Å². The number of rotatable bonds is 7. The van der Waals surface area contributed by atoms with Crippen molar-refractivity contribution in [3.8, 4) is 5.75 Å². The maximum absolute atomic E-state index is 12.8. The normalized spacial score (nSPS) is 17.7. The van der Waals surface area contributed by atoms with Gasteiger partial charge >= 0.3 is 0 Å². The first-order valence-electron chi connectivity index (χ1n) is 9.00. The second-order valence-electron chi connectivity index (χ2n) is 6.62. The van der Waals surface area contributed by atoms with Gasteiger partial charge in [-0.1, -0.05) is 26.3 Å². The largest absolute Gasteiger partial charge is 0.478 e. The molecule has 6 nitrogen and oxygen atoms in total. The summed E-state index contributed by atoms with van der Waals surface area (Å²) in [7, 11) is 1.78. The van der Waals surface area contributed by atoms with Crippen LogP contribution in [0.3, 0.4) is 0 Å². The quantitative estimate of drug-likeness (QED) is 0.822. The first kappa shape index (κ1) is 19.2. The summed E-state index contributed by atoms with van der Waals surface area (Å²) >= 11 is 0. The lowest BCUT2D eigenvalue weighted by atomic mass is 10.0. The number of ether oxygens (including phenoxy) is 1. The number of hydrogen-bond acceptors (Lipinski definition) is 4. The number of carbonyl (C=O) groups is 2. The molecule has 1 aliphatic rings. The Hall–Kier alpha value is -2.08. The molecule has 25 heavy (non-hydrogen) atoms. The van der Waals surface area contributed by atoms with E-state index in [9.17, 15) is 9.59 Å². The molecule has 0 radical (unpaired) electrons. The summed E-state index contributed by atoms with van der Waals surface area (Å²) in [5.41, 5.74) is 7.50. The van der Waals surface area contributed by atoms with E-state index in [1.165, 1.54) is 0 Å². The van der Waals surface area contributed by atoms with Crippen LogP contribution in [0.2, 0.25) is 0 Å². The number of carbonyl (C=O) groups excluding carboxylic acids is 2. The minimum Gasteiger partial charge on any atom is -0.478 e. The fourth-order valence-corrected chi connectivity index (χ4v) is 2.82. The molecule has 1 aromatic rings. The third-order valence-corrected chi connectivity index (χ3v) is 4.55. The van der Waals surface area contributed by atoms with Gasteiger partial charge in [-0.2, -0.15) is 0 Å². The number of nitrogens with two attached hydrogens (primary N) is 1. The Bertz CT molecular complexity index is 630. The Labute approximate surface area is 149 Å². The molecule has 6 heteroatoms. The highest BCUT2D eigenvalue weighted by molar-refractivity contribution is 6.03.